The van der Waals surface area contributed by atoms with E-state index >= 15 is 0 Å². The van der Waals surface area contributed by atoms with E-state index in [9.17, 15) is 0 Å². The summed E-state index contributed by atoms with van der Waals surface area (Å²) in [5, 5.41) is 2.66. The summed E-state index contributed by atoms with van der Waals surface area (Å²) in [6.07, 6.45) is 0. The van der Waals surface area contributed by atoms with Gasteiger partial charge in [-0.25, -0.2) is 4.98 Å². The minimum Gasteiger partial charge on any atom is -0.240 e. The molecule has 0 atom stereocenters. The van der Waals surface area contributed by atoms with E-state index in [1.54, 1.807) is 0 Å². The molecule has 118 valence electrons. The van der Waals surface area contributed by atoms with Crippen LogP contribution in [0.15, 0.2) is 6.07 Å². The molecule has 2 aromatic heterocycles. The lowest BCUT2D eigenvalue weighted by Gasteiger charge is -2.15. The van der Waals surface area contributed by atoms with E-state index in [1.165, 1.54) is 41.3 Å². The van der Waals surface area contributed by atoms with E-state index in [-0.39, 0.29) is 10.8 Å². The summed E-state index contributed by atoms with van der Waals surface area (Å²) >= 11 is 3.81. The van der Waals surface area contributed by atoms with E-state index in [2.05, 4.69) is 61.5 Å². The quantitative estimate of drug-likeness (QED) is 0.445. The molecule has 0 amide bonds. The first-order valence-corrected chi connectivity index (χ1v) is 9.47. The minimum atomic E-state index is 0.118. The fourth-order valence-electron chi connectivity index (χ4n) is 2.70. The summed E-state index contributed by atoms with van der Waals surface area (Å²) in [6.45, 7) is 18.1. The molecule has 0 fully saturated rings. The summed E-state index contributed by atoms with van der Waals surface area (Å²) in [5.74, 6) is 0. The molecular weight excluding hydrogens is 306 g/mol. The van der Waals surface area contributed by atoms with Crippen molar-refractivity contribution in [2.45, 2.75) is 66.2 Å². The fraction of sp³-hybridized carbons (Fsp3) is 0.526. The standard InChI is InChI=1S/C19H25NS2/c1-10-12-9-13(18(3,4)5)21-15(12)11(2)14-16(10)22-17(20-14)19(6,7)8/h9H,1-8H3. The van der Waals surface area contributed by atoms with Crippen LogP contribution in [-0.2, 0) is 10.8 Å². The molecular formula is C19H25NS2. The summed E-state index contributed by atoms with van der Waals surface area (Å²) in [5.41, 5.74) is 4.28. The second kappa shape index (κ2) is 4.78. The predicted octanol–water partition coefficient (Wildman–Crippen LogP) is 6.72. The fourth-order valence-corrected chi connectivity index (χ4v) is 5.17. The second-order valence-electron chi connectivity index (χ2n) is 8.30. The van der Waals surface area contributed by atoms with Crippen LogP contribution in [0.3, 0.4) is 0 Å². The third-order valence-corrected chi connectivity index (χ3v) is 7.46. The topological polar surface area (TPSA) is 12.9 Å². The van der Waals surface area contributed by atoms with Crippen molar-refractivity contribution in [1.82, 2.24) is 4.98 Å². The van der Waals surface area contributed by atoms with Gasteiger partial charge in [0, 0.05) is 15.0 Å². The SMILES string of the molecule is Cc1c2nc(C(C)(C)C)sc2c(C)c2cc(C(C)(C)C)sc12. The molecule has 1 nitrogen and oxygen atoms in total. The van der Waals surface area contributed by atoms with Crippen molar-refractivity contribution in [3.8, 4) is 0 Å². The molecule has 0 N–H and O–H groups in total. The zero-order valence-electron chi connectivity index (χ0n) is 14.8. The zero-order chi connectivity index (χ0) is 16.4. The molecule has 0 saturated heterocycles. The highest BCUT2D eigenvalue weighted by atomic mass is 32.1. The minimum absolute atomic E-state index is 0.118. The van der Waals surface area contributed by atoms with Gasteiger partial charge in [0.2, 0.25) is 0 Å². The molecule has 3 rings (SSSR count). The highest BCUT2D eigenvalue weighted by Gasteiger charge is 2.24. The first-order valence-electron chi connectivity index (χ1n) is 7.84. The van der Waals surface area contributed by atoms with Crippen LogP contribution in [0.4, 0.5) is 0 Å². The number of hydrogen-bond acceptors (Lipinski definition) is 3. The van der Waals surface area contributed by atoms with Crippen LogP contribution >= 0.6 is 22.7 Å². The molecule has 0 spiro atoms. The van der Waals surface area contributed by atoms with E-state index in [0.29, 0.717) is 0 Å². The normalized spacial score (nSPS) is 13.5. The Balaban J connectivity index is 2.38. The van der Waals surface area contributed by atoms with Crippen LogP contribution in [0.2, 0.25) is 0 Å². The monoisotopic (exact) mass is 331 g/mol. The number of thiazole rings is 1. The van der Waals surface area contributed by atoms with Gasteiger partial charge in [-0.3, -0.25) is 0 Å². The molecule has 0 aliphatic heterocycles. The third-order valence-electron chi connectivity index (χ3n) is 4.18. The Bertz CT molecular complexity index is 740. The number of rotatable bonds is 0. The smallest absolute Gasteiger partial charge is 0.0992 e. The Morgan fingerprint density at radius 1 is 0.818 bits per heavy atom. The van der Waals surface area contributed by atoms with Crippen molar-refractivity contribution in [1.29, 1.82) is 0 Å². The third kappa shape index (κ3) is 2.39. The van der Waals surface area contributed by atoms with Crippen LogP contribution in [-0.4, -0.2) is 4.98 Å². The number of fused-ring (bicyclic) bond motifs is 2. The number of aromatic nitrogens is 1. The molecule has 3 heteroatoms. The van der Waals surface area contributed by atoms with Crippen LogP contribution in [0.5, 0.6) is 0 Å². The molecule has 2 heterocycles. The molecule has 0 saturated carbocycles. The Kier molecular flexibility index (Phi) is 3.47. The Morgan fingerprint density at radius 2 is 1.45 bits per heavy atom. The number of thiophene rings is 1. The van der Waals surface area contributed by atoms with Crippen molar-refractivity contribution in [2.75, 3.05) is 0 Å². The predicted molar refractivity (Wildman–Crippen MR) is 102 cm³/mol. The number of aryl methyl sites for hydroxylation is 2. The lowest BCUT2D eigenvalue weighted by Crippen LogP contribution is -2.09. The Morgan fingerprint density at radius 3 is 2.00 bits per heavy atom. The lowest BCUT2D eigenvalue weighted by atomic mass is 9.94. The van der Waals surface area contributed by atoms with Gasteiger partial charge in [0.25, 0.3) is 0 Å². The van der Waals surface area contributed by atoms with Gasteiger partial charge in [0.15, 0.2) is 0 Å². The summed E-state index contributed by atoms with van der Waals surface area (Å²) in [7, 11) is 0. The zero-order valence-corrected chi connectivity index (χ0v) is 16.5. The summed E-state index contributed by atoms with van der Waals surface area (Å²) < 4.78 is 2.79. The highest BCUT2D eigenvalue weighted by molar-refractivity contribution is 7.21. The first kappa shape index (κ1) is 15.9. The van der Waals surface area contributed by atoms with Gasteiger partial charge in [-0.05, 0) is 41.8 Å². The summed E-state index contributed by atoms with van der Waals surface area (Å²) in [4.78, 5) is 6.45. The highest BCUT2D eigenvalue weighted by Crippen LogP contribution is 2.43. The largest absolute Gasteiger partial charge is 0.240 e. The van der Waals surface area contributed by atoms with Crippen LogP contribution in [0.25, 0.3) is 20.3 Å². The van der Waals surface area contributed by atoms with Crippen molar-refractivity contribution >= 4 is 43.0 Å². The number of benzene rings is 1. The van der Waals surface area contributed by atoms with Gasteiger partial charge in [-0.2, -0.15) is 0 Å². The van der Waals surface area contributed by atoms with Crippen molar-refractivity contribution in [2.24, 2.45) is 0 Å². The van der Waals surface area contributed by atoms with Gasteiger partial charge in [0.05, 0.1) is 15.2 Å². The van der Waals surface area contributed by atoms with Gasteiger partial charge >= 0.3 is 0 Å². The average molecular weight is 332 g/mol. The molecule has 1 aromatic carbocycles. The van der Waals surface area contributed by atoms with E-state index < -0.39 is 0 Å². The average Bonchev–Trinajstić information content (AvgIpc) is 2.99. The maximum absolute atomic E-state index is 4.99. The Labute approximate surface area is 141 Å². The van der Waals surface area contributed by atoms with Gasteiger partial charge < -0.3 is 0 Å². The Hall–Kier alpha value is -0.930. The van der Waals surface area contributed by atoms with Crippen molar-refractivity contribution in [3.05, 3.63) is 27.1 Å². The molecule has 0 aliphatic rings. The van der Waals surface area contributed by atoms with Crippen LogP contribution < -0.4 is 0 Å². The maximum Gasteiger partial charge on any atom is 0.0992 e. The number of hydrogen-bond donors (Lipinski definition) is 0. The van der Waals surface area contributed by atoms with E-state index in [4.69, 9.17) is 4.98 Å². The van der Waals surface area contributed by atoms with Gasteiger partial charge in [-0.1, -0.05) is 41.5 Å². The van der Waals surface area contributed by atoms with Gasteiger partial charge in [-0.15, -0.1) is 22.7 Å². The molecule has 0 bridgehead atoms. The van der Waals surface area contributed by atoms with Gasteiger partial charge in [0.1, 0.15) is 0 Å². The number of nitrogens with zero attached hydrogens (tertiary/aromatic N) is 1. The molecule has 0 aliphatic carbocycles. The van der Waals surface area contributed by atoms with E-state index in [0.717, 1.165) is 0 Å². The summed E-state index contributed by atoms with van der Waals surface area (Å²) in [6, 6.07) is 2.40. The molecule has 22 heavy (non-hydrogen) atoms. The van der Waals surface area contributed by atoms with Crippen LogP contribution in [0, 0.1) is 13.8 Å². The van der Waals surface area contributed by atoms with Crippen molar-refractivity contribution < 1.29 is 0 Å². The second-order valence-corrected chi connectivity index (χ2v) is 10.4. The molecule has 3 aromatic rings. The van der Waals surface area contributed by atoms with E-state index in [1.807, 2.05) is 22.7 Å². The maximum atomic E-state index is 4.99. The molecule has 0 radical (unpaired) electrons. The first-order chi connectivity index (χ1) is 10.00. The van der Waals surface area contributed by atoms with Crippen molar-refractivity contribution in [3.63, 3.8) is 0 Å². The van der Waals surface area contributed by atoms with Crippen LogP contribution in [0.1, 0.15) is 62.6 Å². The lowest BCUT2D eigenvalue weighted by molar-refractivity contribution is 0.587. The molecule has 0 unspecified atom stereocenters.